The molecule has 1 aliphatic heterocycles. The van der Waals surface area contributed by atoms with Crippen LogP contribution in [-0.4, -0.2) is 84.0 Å². The van der Waals surface area contributed by atoms with Gasteiger partial charge in [0, 0.05) is 23.6 Å². The maximum absolute atomic E-state index is 13.7. The van der Waals surface area contributed by atoms with Crippen molar-refractivity contribution in [1.82, 2.24) is 20.9 Å². The normalized spacial score (nSPS) is 16.1. The standard InChI is InChI=1S/C35H40Cl2N4O8/c1-20(2)16-26(35(47)48-3)39-31(43)25(17-21-8-5-4-6-9-21)38-32(44)28-10-7-15-41(28)34(46)27(19-42)40-33(45)30-14-13-29(49-30)23-12-11-22(36)18-24(23)37/h4-6,8-9,11-14,18,20,25-28,42H,7,10,15-17,19H2,1-3H3,(H,38,44)(H,39,43)(H,40,45). The molecular formula is C35H40Cl2N4O8. The molecule has 0 radical (unpaired) electrons. The van der Waals surface area contributed by atoms with Gasteiger partial charge in [0.25, 0.3) is 5.91 Å². The second-order valence-corrected chi connectivity index (χ2v) is 13.0. The van der Waals surface area contributed by atoms with Crippen molar-refractivity contribution in [3.05, 3.63) is 82.0 Å². The Morgan fingerprint density at radius 3 is 2.35 bits per heavy atom. The topological polar surface area (TPSA) is 167 Å². The Labute approximate surface area is 294 Å². The predicted octanol–water partition coefficient (Wildman–Crippen LogP) is 3.77. The van der Waals surface area contributed by atoms with Crippen LogP contribution in [-0.2, 0) is 30.3 Å². The van der Waals surface area contributed by atoms with Gasteiger partial charge in [-0.05, 0) is 61.1 Å². The van der Waals surface area contributed by atoms with Gasteiger partial charge in [0.15, 0.2) is 5.76 Å². The number of nitrogens with one attached hydrogen (secondary N) is 3. The fourth-order valence-corrected chi connectivity index (χ4v) is 6.14. The quantitative estimate of drug-likeness (QED) is 0.183. The molecule has 4 unspecified atom stereocenters. The lowest BCUT2D eigenvalue weighted by molar-refractivity contribution is -0.146. The van der Waals surface area contributed by atoms with E-state index in [2.05, 4.69) is 16.0 Å². The molecule has 1 aliphatic rings. The third kappa shape index (κ3) is 9.84. The Kier molecular flexibility index (Phi) is 13.2. The summed E-state index contributed by atoms with van der Waals surface area (Å²) in [4.78, 5) is 67.6. The molecule has 4 atom stereocenters. The molecule has 1 aromatic heterocycles. The monoisotopic (exact) mass is 714 g/mol. The van der Waals surface area contributed by atoms with Crippen molar-refractivity contribution in [2.75, 3.05) is 20.3 Å². The second kappa shape index (κ2) is 17.3. The fraction of sp³-hybridized carbons (Fsp3) is 0.400. The number of likely N-dealkylation sites (tertiary alicyclic amines) is 1. The Morgan fingerprint density at radius 1 is 0.959 bits per heavy atom. The number of methoxy groups -OCH3 is 1. The molecule has 262 valence electrons. The van der Waals surface area contributed by atoms with Crippen LogP contribution < -0.4 is 16.0 Å². The molecule has 4 amide bonds. The van der Waals surface area contributed by atoms with E-state index < -0.39 is 60.4 Å². The number of hydrogen-bond acceptors (Lipinski definition) is 8. The number of hydrogen-bond donors (Lipinski definition) is 4. The molecule has 0 saturated carbocycles. The number of benzene rings is 2. The fourth-order valence-electron chi connectivity index (χ4n) is 5.64. The van der Waals surface area contributed by atoms with Gasteiger partial charge in [0.2, 0.25) is 17.7 Å². The lowest BCUT2D eigenvalue weighted by Gasteiger charge is -2.29. The number of esters is 1. The van der Waals surface area contributed by atoms with Gasteiger partial charge < -0.3 is 35.1 Å². The molecular weight excluding hydrogens is 675 g/mol. The number of rotatable bonds is 14. The van der Waals surface area contributed by atoms with E-state index in [1.807, 2.05) is 32.0 Å². The summed E-state index contributed by atoms with van der Waals surface area (Å²) in [5.74, 6) is -2.96. The molecule has 2 heterocycles. The molecule has 1 saturated heterocycles. The van der Waals surface area contributed by atoms with Gasteiger partial charge in [-0.2, -0.15) is 0 Å². The van der Waals surface area contributed by atoms with Gasteiger partial charge in [-0.15, -0.1) is 0 Å². The van der Waals surface area contributed by atoms with E-state index in [9.17, 15) is 29.1 Å². The Hall–Kier alpha value is -4.39. The summed E-state index contributed by atoms with van der Waals surface area (Å²) in [5.41, 5.74) is 1.27. The number of halogens is 2. The van der Waals surface area contributed by atoms with Crippen LogP contribution in [0.2, 0.25) is 10.0 Å². The molecule has 49 heavy (non-hydrogen) atoms. The Morgan fingerprint density at radius 2 is 1.69 bits per heavy atom. The van der Waals surface area contributed by atoms with Crippen LogP contribution in [0.25, 0.3) is 11.3 Å². The van der Waals surface area contributed by atoms with Crippen molar-refractivity contribution in [2.24, 2.45) is 5.92 Å². The SMILES string of the molecule is COC(=O)C(CC(C)C)NC(=O)C(Cc1ccccc1)NC(=O)C1CCCN1C(=O)C(CO)NC(=O)c1ccc(-c2ccc(Cl)cc2Cl)o1. The molecule has 3 aromatic rings. The second-order valence-electron chi connectivity index (χ2n) is 12.2. The highest BCUT2D eigenvalue weighted by atomic mass is 35.5. The van der Waals surface area contributed by atoms with Crippen molar-refractivity contribution in [2.45, 2.75) is 63.7 Å². The van der Waals surface area contributed by atoms with Gasteiger partial charge in [0.05, 0.1) is 18.7 Å². The van der Waals surface area contributed by atoms with Crippen molar-refractivity contribution < 1.29 is 38.2 Å². The van der Waals surface area contributed by atoms with Gasteiger partial charge in [-0.3, -0.25) is 19.2 Å². The Balaban J connectivity index is 1.46. The van der Waals surface area contributed by atoms with Gasteiger partial charge in [0.1, 0.15) is 29.9 Å². The minimum atomic E-state index is -1.38. The summed E-state index contributed by atoms with van der Waals surface area (Å²) in [6.45, 7) is 3.26. The molecule has 12 nitrogen and oxygen atoms in total. The number of nitrogens with zero attached hydrogens (tertiary/aromatic N) is 1. The third-order valence-electron chi connectivity index (χ3n) is 8.08. The maximum atomic E-state index is 13.7. The number of amides is 4. The number of ether oxygens (including phenoxy) is 1. The maximum Gasteiger partial charge on any atom is 0.328 e. The third-order valence-corrected chi connectivity index (χ3v) is 8.62. The Bertz CT molecular complexity index is 1650. The molecule has 1 fully saturated rings. The van der Waals surface area contributed by atoms with Crippen molar-refractivity contribution >= 4 is 52.8 Å². The van der Waals surface area contributed by atoms with E-state index in [1.54, 1.807) is 30.3 Å². The first kappa shape index (κ1) is 37.4. The molecule has 0 spiro atoms. The summed E-state index contributed by atoms with van der Waals surface area (Å²) in [6, 6.07) is 12.4. The molecule has 0 bridgehead atoms. The largest absolute Gasteiger partial charge is 0.467 e. The summed E-state index contributed by atoms with van der Waals surface area (Å²) >= 11 is 12.2. The minimum Gasteiger partial charge on any atom is -0.467 e. The van der Waals surface area contributed by atoms with Crippen LogP contribution in [0.1, 0.15) is 49.2 Å². The van der Waals surface area contributed by atoms with E-state index in [0.717, 1.165) is 5.56 Å². The lowest BCUT2D eigenvalue weighted by Crippen LogP contribution is -2.58. The van der Waals surface area contributed by atoms with E-state index in [0.29, 0.717) is 40.6 Å². The number of furan rings is 1. The predicted molar refractivity (Wildman–Crippen MR) is 183 cm³/mol. The molecule has 4 N–H and O–H groups in total. The molecule has 2 aromatic carbocycles. The summed E-state index contributed by atoms with van der Waals surface area (Å²) < 4.78 is 10.6. The van der Waals surface area contributed by atoms with Crippen LogP contribution in [0.3, 0.4) is 0 Å². The average molecular weight is 716 g/mol. The number of carbonyl (C=O) groups excluding carboxylic acids is 5. The highest BCUT2D eigenvalue weighted by Gasteiger charge is 2.39. The molecule has 14 heteroatoms. The van der Waals surface area contributed by atoms with Crippen LogP contribution in [0.4, 0.5) is 0 Å². The molecule has 4 rings (SSSR count). The summed E-state index contributed by atoms with van der Waals surface area (Å²) in [7, 11) is 1.24. The zero-order valence-corrected chi connectivity index (χ0v) is 28.9. The van der Waals surface area contributed by atoms with E-state index >= 15 is 0 Å². The first-order chi connectivity index (χ1) is 23.4. The van der Waals surface area contributed by atoms with Crippen LogP contribution in [0.5, 0.6) is 0 Å². The van der Waals surface area contributed by atoms with Crippen molar-refractivity contribution in [3.8, 4) is 11.3 Å². The van der Waals surface area contributed by atoms with Gasteiger partial charge in [-0.25, -0.2) is 4.79 Å². The zero-order chi connectivity index (χ0) is 35.7. The highest BCUT2D eigenvalue weighted by molar-refractivity contribution is 6.36. The summed E-state index contributed by atoms with van der Waals surface area (Å²) in [5, 5.41) is 18.8. The van der Waals surface area contributed by atoms with E-state index in [-0.39, 0.29) is 24.6 Å². The van der Waals surface area contributed by atoms with Gasteiger partial charge >= 0.3 is 5.97 Å². The minimum absolute atomic E-state index is 0.0707. The number of aliphatic hydroxyl groups is 1. The zero-order valence-electron chi connectivity index (χ0n) is 27.4. The van der Waals surface area contributed by atoms with E-state index in [1.165, 1.54) is 24.1 Å². The molecule has 0 aliphatic carbocycles. The summed E-state index contributed by atoms with van der Waals surface area (Å²) in [6.07, 6.45) is 1.23. The number of carbonyl (C=O) groups is 5. The van der Waals surface area contributed by atoms with Crippen LogP contribution >= 0.6 is 23.2 Å². The highest BCUT2D eigenvalue weighted by Crippen LogP contribution is 2.31. The van der Waals surface area contributed by atoms with Crippen LogP contribution in [0, 0.1) is 5.92 Å². The first-order valence-electron chi connectivity index (χ1n) is 15.9. The first-order valence-corrected chi connectivity index (χ1v) is 16.7. The van der Waals surface area contributed by atoms with Crippen molar-refractivity contribution in [3.63, 3.8) is 0 Å². The van der Waals surface area contributed by atoms with Crippen molar-refractivity contribution in [1.29, 1.82) is 0 Å². The van der Waals surface area contributed by atoms with Gasteiger partial charge in [-0.1, -0.05) is 67.4 Å². The van der Waals surface area contributed by atoms with Crippen LogP contribution in [0.15, 0.2) is 65.1 Å². The smallest absolute Gasteiger partial charge is 0.328 e. The number of aliphatic hydroxyl groups excluding tert-OH is 1. The lowest BCUT2D eigenvalue weighted by atomic mass is 10.0. The van der Waals surface area contributed by atoms with E-state index in [4.69, 9.17) is 32.4 Å². The average Bonchev–Trinajstić information content (AvgIpc) is 3.77.